The number of carbonyl (C=O) groups is 2. The molecule has 1 amide bonds. The number of carbonyl (C=O) groups excluding carboxylic acids is 2. The van der Waals surface area contributed by atoms with Crippen molar-refractivity contribution in [1.82, 2.24) is 4.90 Å². The molecule has 0 saturated carbocycles. The van der Waals surface area contributed by atoms with E-state index in [1.807, 2.05) is 6.07 Å². The highest BCUT2D eigenvalue weighted by Gasteiger charge is 2.38. The van der Waals surface area contributed by atoms with Gasteiger partial charge in [0, 0.05) is 18.5 Å². The summed E-state index contributed by atoms with van der Waals surface area (Å²) in [5, 5.41) is 0.400. The zero-order valence-corrected chi connectivity index (χ0v) is 14.7. The molecule has 5 nitrogen and oxygen atoms in total. The van der Waals surface area contributed by atoms with Crippen molar-refractivity contribution in [2.75, 3.05) is 13.7 Å². The standard InChI is InChI=1S/C19H15ClFNO4/c1-25-19(24)11-7-12-15(5-6-26-17(12)14(21)8-11)22-9-10-3-2-4-13(20)16(10)18(22)23/h2-4,7-8,15H,5-6,9H2,1H3/t15-/m1/s1. The van der Waals surface area contributed by atoms with Crippen LogP contribution in [0.5, 0.6) is 5.75 Å². The number of hydrogen-bond acceptors (Lipinski definition) is 4. The molecule has 134 valence electrons. The average molecular weight is 376 g/mol. The third-order valence-corrected chi connectivity index (χ3v) is 5.10. The third kappa shape index (κ3) is 2.52. The molecule has 4 rings (SSSR count). The molecule has 2 aliphatic rings. The fraction of sp³-hybridized carbons (Fsp3) is 0.263. The fourth-order valence-electron chi connectivity index (χ4n) is 3.59. The van der Waals surface area contributed by atoms with E-state index in [0.29, 0.717) is 29.1 Å². The van der Waals surface area contributed by atoms with E-state index in [4.69, 9.17) is 16.3 Å². The number of hydrogen-bond donors (Lipinski definition) is 0. The molecular weight excluding hydrogens is 361 g/mol. The van der Waals surface area contributed by atoms with Crippen LogP contribution in [0.25, 0.3) is 0 Å². The third-order valence-electron chi connectivity index (χ3n) is 4.78. The van der Waals surface area contributed by atoms with Gasteiger partial charge in [-0.15, -0.1) is 0 Å². The Labute approximate surface area is 154 Å². The lowest BCUT2D eigenvalue weighted by atomic mass is 9.96. The van der Waals surface area contributed by atoms with Crippen LogP contribution in [0.4, 0.5) is 4.39 Å². The first-order valence-corrected chi connectivity index (χ1v) is 8.52. The van der Waals surface area contributed by atoms with Crippen molar-refractivity contribution in [3.05, 3.63) is 63.4 Å². The van der Waals surface area contributed by atoms with E-state index in [1.54, 1.807) is 17.0 Å². The molecule has 0 radical (unpaired) electrons. The zero-order chi connectivity index (χ0) is 18.4. The van der Waals surface area contributed by atoms with Crippen molar-refractivity contribution < 1.29 is 23.5 Å². The summed E-state index contributed by atoms with van der Waals surface area (Å²) in [6.07, 6.45) is 0.494. The van der Waals surface area contributed by atoms with E-state index in [1.165, 1.54) is 13.2 Å². The minimum absolute atomic E-state index is 0.0729. The first-order valence-electron chi connectivity index (χ1n) is 8.14. The molecule has 0 fully saturated rings. The maximum Gasteiger partial charge on any atom is 0.337 e. The first-order chi connectivity index (χ1) is 12.5. The molecular formula is C19H15ClFNO4. The largest absolute Gasteiger partial charge is 0.490 e. The highest BCUT2D eigenvalue weighted by atomic mass is 35.5. The van der Waals surface area contributed by atoms with Crippen molar-refractivity contribution in [3.8, 4) is 5.75 Å². The molecule has 0 aromatic heterocycles. The molecule has 0 bridgehead atoms. The number of esters is 1. The van der Waals surface area contributed by atoms with Crippen LogP contribution in [-0.4, -0.2) is 30.5 Å². The lowest BCUT2D eigenvalue weighted by Crippen LogP contribution is -2.33. The second kappa shape index (κ2) is 6.29. The van der Waals surface area contributed by atoms with Gasteiger partial charge in [-0.05, 0) is 23.8 Å². The smallest absolute Gasteiger partial charge is 0.337 e. The lowest BCUT2D eigenvalue weighted by molar-refractivity contribution is 0.0599. The number of amides is 1. The molecule has 0 spiro atoms. The molecule has 0 N–H and O–H groups in total. The minimum Gasteiger partial charge on any atom is -0.490 e. The van der Waals surface area contributed by atoms with Gasteiger partial charge in [-0.2, -0.15) is 0 Å². The highest BCUT2D eigenvalue weighted by Crippen LogP contribution is 2.42. The van der Waals surface area contributed by atoms with Gasteiger partial charge < -0.3 is 14.4 Å². The number of ether oxygens (including phenoxy) is 2. The predicted molar refractivity (Wildman–Crippen MR) is 91.9 cm³/mol. The lowest BCUT2D eigenvalue weighted by Gasteiger charge is -2.33. The van der Waals surface area contributed by atoms with E-state index in [-0.39, 0.29) is 23.8 Å². The summed E-state index contributed by atoms with van der Waals surface area (Å²) in [5.41, 5.74) is 1.86. The quantitative estimate of drug-likeness (QED) is 0.750. The van der Waals surface area contributed by atoms with Gasteiger partial charge in [-0.25, -0.2) is 9.18 Å². The molecule has 7 heteroatoms. The molecule has 0 unspecified atom stereocenters. The Hall–Kier alpha value is -2.60. The van der Waals surface area contributed by atoms with Crippen molar-refractivity contribution in [3.63, 3.8) is 0 Å². The Morgan fingerprint density at radius 2 is 2.19 bits per heavy atom. The van der Waals surface area contributed by atoms with Crippen LogP contribution >= 0.6 is 11.6 Å². The van der Waals surface area contributed by atoms with Crippen LogP contribution in [0.1, 0.15) is 44.3 Å². The minimum atomic E-state index is -0.644. The maximum absolute atomic E-state index is 14.5. The van der Waals surface area contributed by atoms with E-state index < -0.39 is 17.8 Å². The van der Waals surface area contributed by atoms with E-state index in [2.05, 4.69) is 4.74 Å². The Bertz CT molecular complexity index is 930. The summed E-state index contributed by atoms with van der Waals surface area (Å²) in [7, 11) is 1.23. The fourth-order valence-corrected chi connectivity index (χ4v) is 3.87. The normalized spacial score (nSPS) is 18.2. The molecule has 0 saturated heterocycles. The SMILES string of the molecule is COC(=O)c1cc(F)c2c(c1)[C@H](N1Cc3cccc(Cl)c3C1=O)CCO2. The Kier molecular flexibility index (Phi) is 4.07. The molecule has 0 aliphatic carbocycles. The van der Waals surface area contributed by atoms with Crippen LogP contribution in [0.3, 0.4) is 0 Å². The number of halogens is 2. The second-order valence-electron chi connectivity index (χ2n) is 6.23. The molecule has 26 heavy (non-hydrogen) atoms. The number of benzene rings is 2. The number of methoxy groups -OCH3 is 1. The van der Waals surface area contributed by atoms with E-state index in [0.717, 1.165) is 11.6 Å². The van der Waals surface area contributed by atoms with Crippen LogP contribution < -0.4 is 4.74 Å². The van der Waals surface area contributed by atoms with Gasteiger partial charge in [0.15, 0.2) is 11.6 Å². The van der Waals surface area contributed by atoms with Gasteiger partial charge in [-0.3, -0.25) is 4.79 Å². The highest BCUT2D eigenvalue weighted by molar-refractivity contribution is 6.34. The van der Waals surface area contributed by atoms with Gasteiger partial charge >= 0.3 is 5.97 Å². The average Bonchev–Trinajstić information content (AvgIpc) is 2.98. The van der Waals surface area contributed by atoms with Gasteiger partial charge in [0.2, 0.25) is 0 Å². The summed E-state index contributed by atoms with van der Waals surface area (Å²) in [4.78, 5) is 26.4. The molecule has 2 heterocycles. The van der Waals surface area contributed by atoms with E-state index >= 15 is 0 Å². The first kappa shape index (κ1) is 16.8. The molecule has 2 aromatic rings. The number of nitrogens with zero attached hydrogens (tertiary/aromatic N) is 1. The van der Waals surface area contributed by atoms with Crippen molar-refractivity contribution in [1.29, 1.82) is 0 Å². The Morgan fingerprint density at radius 1 is 1.38 bits per heavy atom. The van der Waals surface area contributed by atoms with Crippen LogP contribution in [0, 0.1) is 5.82 Å². The Morgan fingerprint density at radius 3 is 2.92 bits per heavy atom. The summed E-state index contributed by atoms with van der Waals surface area (Å²) >= 11 is 6.19. The summed E-state index contributed by atoms with van der Waals surface area (Å²) in [5.74, 6) is -1.42. The summed E-state index contributed by atoms with van der Waals surface area (Å²) in [6, 6.07) is 7.54. The van der Waals surface area contributed by atoms with Crippen molar-refractivity contribution in [2.45, 2.75) is 19.0 Å². The molecule has 2 aromatic carbocycles. The zero-order valence-electron chi connectivity index (χ0n) is 13.9. The van der Waals surface area contributed by atoms with Gasteiger partial charge in [-0.1, -0.05) is 23.7 Å². The molecule has 1 atom stereocenters. The van der Waals surface area contributed by atoms with Crippen LogP contribution in [0.2, 0.25) is 5.02 Å². The van der Waals surface area contributed by atoms with Crippen molar-refractivity contribution in [2.24, 2.45) is 0 Å². The number of fused-ring (bicyclic) bond motifs is 2. The van der Waals surface area contributed by atoms with Crippen LogP contribution in [-0.2, 0) is 11.3 Å². The van der Waals surface area contributed by atoms with E-state index in [9.17, 15) is 14.0 Å². The Balaban J connectivity index is 1.77. The second-order valence-corrected chi connectivity index (χ2v) is 6.64. The van der Waals surface area contributed by atoms with Gasteiger partial charge in [0.05, 0.1) is 35.9 Å². The summed E-state index contributed by atoms with van der Waals surface area (Å²) in [6.45, 7) is 0.656. The van der Waals surface area contributed by atoms with Gasteiger partial charge in [0.25, 0.3) is 5.91 Å². The monoisotopic (exact) mass is 375 g/mol. The topological polar surface area (TPSA) is 55.8 Å². The number of rotatable bonds is 2. The summed E-state index contributed by atoms with van der Waals surface area (Å²) < 4.78 is 24.6. The van der Waals surface area contributed by atoms with Gasteiger partial charge in [0.1, 0.15) is 0 Å². The maximum atomic E-state index is 14.5. The van der Waals surface area contributed by atoms with Crippen molar-refractivity contribution >= 4 is 23.5 Å². The van der Waals surface area contributed by atoms with Crippen LogP contribution in [0.15, 0.2) is 30.3 Å². The predicted octanol–water partition coefficient (Wildman–Crippen LogP) is 3.75. The molecule has 2 aliphatic heterocycles.